The average molecular weight is 423 g/mol. The molecule has 6 heteroatoms. The zero-order valence-electron chi connectivity index (χ0n) is 16.9. The average Bonchev–Trinajstić information content (AvgIpc) is 2.77. The van der Waals surface area contributed by atoms with Crippen molar-refractivity contribution < 1.29 is 14.3 Å². The zero-order chi connectivity index (χ0) is 21.1. The summed E-state index contributed by atoms with van der Waals surface area (Å²) in [6, 6.07) is 20.6. The molecule has 0 fully saturated rings. The molecular weight excluding hydrogens is 400 g/mol. The molecule has 0 radical (unpaired) electrons. The van der Waals surface area contributed by atoms with E-state index < -0.39 is 0 Å². The molecule has 4 rings (SSSR count). The van der Waals surface area contributed by atoms with Gasteiger partial charge in [0.05, 0.1) is 20.3 Å². The van der Waals surface area contributed by atoms with Gasteiger partial charge in [0.2, 0.25) is 0 Å². The number of nitrogens with zero attached hydrogens (tertiary/aromatic N) is 1. The zero-order valence-corrected chi connectivity index (χ0v) is 17.6. The molecule has 1 N–H and O–H groups in total. The minimum absolute atomic E-state index is 0.161. The van der Waals surface area contributed by atoms with Crippen LogP contribution in [0.15, 0.2) is 66.7 Å². The molecule has 0 saturated carbocycles. The van der Waals surface area contributed by atoms with E-state index in [1.54, 1.807) is 14.2 Å². The summed E-state index contributed by atoms with van der Waals surface area (Å²) in [5.41, 5.74) is 3.83. The quantitative estimate of drug-likeness (QED) is 0.600. The van der Waals surface area contributed by atoms with Crippen molar-refractivity contribution in [2.24, 2.45) is 0 Å². The Bertz CT molecular complexity index is 1060. The summed E-state index contributed by atoms with van der Waals surface area (Å²) >= 11 is 6.29. The van der Waals surface area contributed by atoms with Crippen LogP contribution in [-0.2, 0) is 6.42 Å². The number of amides is 2. The number of methoxy groups -OCH3 is 2. The number of carbonyl (C=O) groups is 1. The summed E-state index contributed by atoms with van der Waals surface area (Å²) in [7, 11) is 3.24. The summed E-state index contributed by atoms with van der Waals surface area (Å²) in [6.07, 6.45) is 0.717. The van der Waals surface area contributed by atoms with Crippen LogP contribution < -0.4 is 14.8 Å². The Morgan fingerprint density at radius 2 is 1.73 bits per heavy atom. The number of halogens is 1. The summed E-state index contributed by atoms with van der Waals surface area (Å²) in [5.74, 6) is 1.32. The molecule has 1 aliphatic heterocycles. The molecule has 3 aromatic carbocycles. The van der Waals surface area contributed by atoms with E-state index >= 15 is 0 Å². The van der Waals surface area contributed by atoms with Crippen LogP contribution in [0.4, 0.5) is 10.5 Å². The van der Waals surface area contributed by atoms with Gasteiger partial charge in [0, 0.05) is 17.3 Å². The highest BCUT2D eigenvalue weighted by atomic mass is 35.5. The van der Waals surface area contributed by atoms with E-state index in [0.29, 0.717) is 23.1 Å². The number of para-hydroxylation sites is 1. The van der Waals surface area contributed by atoms with E-state index in [4.69, 9.17) is 21.1 Å². The smallest absolute Gasteiger partial charge is 0.322 e. The van der Waals surface area contributed by atoms with Crippen molar-refractivity contribution >= 4 is 23.3 Å². The molecule has 5 nitrogen and oxygen atoms in total. The Morgan fingerprint density at radius 1 is 1.00 bits per heavy atom. The Balaban J connectivity index is 1.78. The molecule has 1 aliphatic rings. The van der Waals surface area contributed by atoms with Crippen molar-refractivity contribution in [2.45, 2.75) is 12.5 Å². The van der Waals surface area contributed by atoms with Crippen LogP contribution in [-0.4, -0.2) is 31.7 Å². The number of carbonyl (C=O) groups excluding carboxylic acids is 1. The van der Waals surface area contributed by atoms with Crippen LogP contribution in [0.25, 0.3) is 0 Å². The third kappa shape index (κ3) is 3.94. The first-order chi connectivity index (χ1) is 14.6. The van der Waals surface area contributed by atoms with Crippen molar-refractivity contribution in [3.63, 3.8) is 0 Å². The lowest BCUT2D eigenvalue weighted by molar-refractivity contribution is 0.193. The number of hydrogen-bond donors (Lipinski definition) is 1. The topological polar surface area (TPSA) is 50.8 Å². The molecule has 3 aromatic rings. The molecule has 1 heterocycles. The molecule has 0 bridgehead atoms. The molecule has 0 saturated heterocycles. The standard InChI is InChI=1S/C24H23ClN2O3/c1-29-21-14-16-11-12-27(24(28)26-19-9-4-3-5-10-19)23(20(16)15-22(21)30-2)17-7-6-8-18(25)13-17/h3-10,13-15,23H,11-12H2,1-2H3,(H,26,28)/t23-/m1/s1. The maximum Gasteiger partial charge on any atom is 0.322 e. The highest BCUT2D eigenvalue weighted by molar-refractivity contribution is 6.30. The van der Waals surface area contributed by atoms with Gasteiger partial charge in [0.15, 0.2) is 11.5 Å². The third-order valence-corrected chi connectivity index (χ3v) is 5.56. The second kappa shape index (κ2) is 8.67. The van der Waals surface area contributed by atoms with Gasteiger partial charge in [-0.05, 0) is 59.5 Å². The fourth-order valence-electron chi connectivity index (χ4n) is 3.92. The van der Waals surface area contributed by atoms with Crippen LogP contribution in [0.5, 0.6) is 11.5 Å². The molecule has 0 unspecified atom stereocenters. The van der Waals surface area contributed by atoms with Crippen molar-refractivity contribution in [3.8, 4) is 11.5 Å². The van der Waals surface area contributed by atoms with Gasteiger partial charge in [-0.25, -0.2) is 4.79 Å². The number of benzene rings is 3. The first-order valence-corrected chi connectivity index (χ1v) is 10.1. The fourth-order valence-corrected chi connectivity index (χ4v) is 4.12. The maximum absolute atomic E-state index is 13.2. The van der Waals surface area contributed by atoms with E-state index in [9.17, 15) is 4.79 Å². The van der Waals surface area contributed by atoms with Crippen LogP contribution >= 0.6 is 11.6 Å². The lowest BCUT2D eigenvalue weighted by Gasteiger charge is -2.38. The van der Waals surface area contributed by atoms with E-state index in [0.717, 1.165) is 28.8 Å². The molecule has 0 spiro atoms. The minimum Gasteiger partial charge on any atom is -0.493 e. The van der Waals surface area contributed by atoms with E-state index in [-0.39, 0.29) is 12.1 Å². The number of rotatable bonds is 4. The van der Waals surface area contributed by atoms with Crippen LogP contribution in [0, 0.1) is 0 Å². The Morgan fingerprint density at radius 3 is 2.43 bits per heavy atom. The van der Waals surface area contributed by atoms with E-state index in [1.165, 1.54) is 0 Å². The second-order valence-electron chi connectivity index (χ2n) is 7.10. The van der Waals surface area contributed by atoms with Gasteiger partial charge >= 0.3 is 6.03 Å². The molecular formula is C24H23ClN2O3. The Kier molecular flexibility index (Phi) is 5.81. The molecule has 0 aromatic heterocycles. The number of fused-ring (bicyclic) bond motifs is 1. The molecule has 2 amide bonds. The maximum atomic E-state index is 13.2. The summed E-state index contributed by atoms with van der Waals surface area (Å²) < 4.78 is 11.0. The molecule has 154 valence electrons. The summed E-state index contributed by atoms with van der Waals surface area (Å²) in [5, 5.41) is 3.63. The minimum atomic E-state index is -0.295. The number of nitrogens with one attached hydrogen (secondary N) is 1. The summed E-state index contributed by atoms with van der Waals surface area (Å²) in [6.45, 7) is 0.568. The van der Waals surface area contributed by atoms with Crippen molar-refractivity contribution in [2.75, 3.05) is 26.1 Å². The van der Waals surface area contributed by atoms with Crippen LogP contribution in [0.1, 0.15) is 22.7 Å². The largest absolute Gasteiger partial charge is 0.493 e. The number of urea groups is 1. The molecule has 0 aliphatic carbocycles. The number of anilines is 1. The van der Waals surface area contributed by atoms with Gasteiger partial charge in [0.25, 0.3) is 0 Å². The van der Waals surface area contributed by atoms with E-state index in [1.807, 2.05) is 71.6 Å². The van der Waals surface area contributed by atoms with Crippen molar-refractivity contribution in [3.05, 3.63) is 88.4 Å². The predicted molar refractivity (Wildman–Crippen MR) is 119 cm³/mol. The Labute approximate surface area is 181 Å². The molecule has 1 atom stereocenters. The highest BCUT2D eigenvalue weighted by Gasteiger charge is 2.33. The SMILES string of the molecule is COc1cc2c(cc1OC)[C@@H](c1cccc(Cl)c1)N(C(=O)Nc1ccccc1)CC2. The summed E-state index contributed by atoms with van der Waals surface area (Å²) in [4.78, 5) is 15.1. The first-order valence-electron chi connectivity index (χ1n) is 9.73. The lowest BCUT2D eigenvalue weighted by atomic mass is 9.88. The van der Waals surface area contributed by atoms with Crippen LogP contribution in [0.2, 0.25) is 5.02 Å². The van der Waals surface area contributed by atoms with Gasteiger partial charge in [-0.3, -0.25) is 0 Å². The van der Waals surface area contributed by atoms with Crippen molar-refractivity contribution in [1.29, 1.82) is 0 Å². The highest BCUT2D eigenvalue weighted by Crippen LogP contribution is 2.41. The van der Waals surface area contributed by atoms with Crippen molar-refractivity contribution in [1.82, 2.24) is 4.90 Å². The normalized spacial score (nSPS) is 15.3. The van der Waals surface area contributed by atoms with Crippen LogP contribution in [0.3, 0.4) is 0 Å². The number of hydrogen-bond acceptors (Lipinski definition) is 3. The second-order valence-corrected chi connectivity index (χ2v) is 7.54. The lowest BCUT2D eigenvalue weighted by Crippen LogP contribution is -2.43. The first kappa shape index (κ1) is 20.1. The monoisotopic (exact) mass is 422 g/mol. The van der Waals surface area contributed by atoms with Gasteiger partial charge < -0.3 is 19.7 Å². The Hall–Kier alpha value is -3.18. The predicted octanol–water partition coefficient (Wildman–Crippen LogP) is 5.54. The van der Waals surface area contributed by atoms with Gasteiger partial charge in [0.1, 0.15) is 0 Å². The third-order valence-electron chi connectivity index (χ3n) is 5.32. The van der Waals surface area contributed by atoms with Gasteiger partial charge in [-0.1, -0.05) is 41.9 Å². The van der Waals surface area contributed by atoms with Gasteiger partial charge in [-0.2, -0.15) is 0 Å². The molecule has 30 heavy (non-hydrogen) atoms. The van der Waals surface area contributed by atoms with E-state index in [2.05, 4.69) is 5.32 Å². The number of ether oxygens (including phenoxy) is 2. The fraction of sp³-hybridized carbons (Fsp3) is 0.208. The van der Waals surface area contributed by atoms with Gasteiger partial charge in [-0.15, -0.1) is 0 Å².